The molecule has 98 valence electrons. The summed E-state index contributed by atoms with van der Waals surface area (Å²) in [5, 5.41) is 20.6. The van der Waals surface area contributed by atoms with E-state index < -0.39 is 5.92 Å². The van der Waals surface area contributed by atoms with Gasteiger partial charge in [-0.05, 0) is 19.3 Å². The maximum Gasteiger partial charge on any atom is 0.233 e. The van der Waals surface area contributed by atoms with Gasteiger partial charge in [0.25, 0.3) is 0 Å². The van der Waals surface area contributed by atoms with Gasteiger partial charge in [0.1, 0.15) is 0 Å². The predicted molar refractivity (Wildman–Crippen MR) is 63.6 cm³/mol. The van der Waals surface area contributed by atoms with Gasteiger partial charge < -0.3 is 20.9 Å². The average Bonchev–Trinajstić information content (AvgIpc) is 3.15. The Balaban J connectivity index is 2.73. The molecular weight excluding hydrogens is 222 g/mol. The normalized spacial score (nSPS) is 17.9. The van der Waals surface area contributed by atoms with Gasteiger partial charge in [-0.2, -0.15) is 0 Å². The fourth-order valence-corrected chi connectivity index (χ4v) is 1.92. The number of nitrogens with zero attached hydrogens (tertiary/aromatic N) is 2. The molecule has 6 heteroatoms. The highest BCUT2D eigenvalue weighted by Gasteiger charge is 2.36. The number of carbonyl (C=O) groups excluding carboxylic acids is 1. The summed E-state index contributed by atoms with van der Waals surface area (Å²) in [4.78, 5) is 13.9. The van der Waals surface area contributed by atoms with Crippen LogP contribution in [0.25, 0.3) is 0 Å². The van der Waals surface area contributed by atoms with E-state index in [1.807, 2.05) is 6.92 Å². The van der Waals surface area contributed by atoms with Crippen molar-refractivity contribution in [1.29, 1.82) is 0 Å². The van der Waals surface area contributed by atoms with E-state index in [1.165, 1.54) is 0 Å². The SMILES string of the molecule is CCCC(C(=O)N(CCO)C1CC1)C(N)=NO. The van der Waals surface area contributed by atoms with Gasteiger partial charge in [0, 0.05) is 12.6 Å². The van der Waals surface area contributed by atoms with Crippen molar-refractivity contribution in [3.05, 3.63) is 0 Å². The van der Waals surface area contributed by atoms with Crippen LogP contribution in [-0.2, 0) is 4.79 Å². The Morgan fingerprint density at radius 2 is 2.24 bits per heavy atom. The Morgan fingerprint density at radius 1 is 1.59 bits per heavy atom. The zero-order valence-corrected chi connectivity index (χ0v) is 10.2. The van der Waals surface area contributed by atoms with E-state index in [-0.39, 0.29) is 24.4 Å². The fourth-order valence-electron chi connectivity index (χ4n) is 1.92. The lowest BCUT2D eigenvalue weighted by molar-refractivity contribution is -0.134. The highest BCUT2D eigenvalue weighted by atomic mass is 16.4. The van der Waals surface area contributed by atoms with E-state index in [2.05, 4.69) is 5.16 Å². The zero-order valence-electron chi connectivity index (χ0n) is 10.2. The van der Waals surface area contributed by atoms with Crippen molar-refractivity contribution < 1.29 is 15.1 Å². The topological polar surface area (TPSA) is 99.2 Å². The molecule has 1 aliphatic carbocycles. The van der Waals surface area contributed by atoms with Gasteiger partial charge in [-0.15, -0.1) is 0 Å². The van der Waals surface area contributed by atoms with Gasteiger partial charge in [-0.3, -0.25) is 4.79 Å². The van der Waals surface area contributed by atoms with Gasteiger partial charge in [0.2, 0.25) is 5.91 Å². The van der Waals surface area contributed by atoms with Crippen molar-refractivity contribution in [2.24, 2.45) is 16.8 Å². The molecule has 0 aromatic carbocycles. The van der Waals surface area contributed by atoms with Crippen molar-refractivity contribution in [2.75, 3.05) is 13.2 Å². The molecular formula is C11H21N3O3. The summed E-state index contributed by atoms with van der Waals surface area (Å²) in [6, 6.07) is 0.223. The van der Waals surface area contributed by atoms with Crippen LogP contribution in [0.4, 0.5) is 0 Å². The second kappa shape index (κ2) is 6.44. The molecule has 1 rings (SSSR count). The first-order valence-electron chi connectivity index (χ1n) is 6.04. The standard InChI is InChI=1S/C11H21N3O3/c1-2-3-9(10(12)13-17)11(16)14(6-7-15)8-4-5-8/h8-9,15,17H,2-7H2,1H3,(H2,12,13). The Kier molecular flexibility index (Phi) is 5.21. The molecule has 0 aromatic rings. The van der Waals surface area contributed by atoms with Gasteiger partial charge in [0.05, 0.1) is 12.5 Å². The number of hydrogen-bond donors (Lipinski definition) is 3. The lowest BCUT2D eigenvalue weighted by Gasteiger charge is -2.26. The minimum atomic E-state index is -0.572. The van der Waals surface area contributed by atoms with Crippen molar-refractivity contribution in [3.63, 3.8) is 0 Å². The summed E-state index contributed by atoms with van der Waals surface area (Å²) in [5.74, 6) is -0.753. The third-order valence-electron chi connectivity index (χ3n) is 2.96. The van der Waals surface area contributed by atoms with Gasteiger partial charge in [-0.25, -0.2) is 0 Å². The van der Waals surface area contributed by atoms with Crippen LogP contribution in [0.3, 0.4) is 0 Å². The van der Waals surface area contributed by atoms with Gasteiger partial charge >= 0.3 is 0 Å². The minimum Gasteiger partial charge on any atom is -0.409 e. The summed E-state index contributed by atoms with van der Waals surface area (Å²) in [5.41, 5.74) is 5.55. The number of amides is 1. The molecule has 0 aromatic heterocycles. The molecule has 1 fully saturated rings. The van der Waals surface area contributed by atoms with E-state index in [1.54, 1.807) is 4.90 Å². The molecule has 0 radical (unpaired) electrons. The van der Waals surface area contributed by atoms with Crippen molar-refractivity contribution in [3.8, 4) is 0 Å². The Morgan fingerprint density at radius 3 is 2.65 bits per heavy atom. The number of aliphatic hydroxyl groups is 1. The number of nitrogens with two attached hydrogens (primary N) is 1. The van der Waals surface area contributed by atoms with Crippen molar-refractivity contribution in [2.45, 2.75) is 38.6 Å². The monoisotopic (exact) mass is 243 g/mol. The van der Waals surface area contributed by atoms with Crippen LogP contribution in [0.15, 0.2) is 5.16 Å². The molecule has 6 nitrogen and oxygen atoms in total. The second-order valence-electron chi connectivity index (χ2n) is 4.35. The fraction of sp³-hybridized carbons (Fsp3) is 0.818. The van der Waals surface area contributed by atoms with E-state index in [4.69, 9.17) is 16.0 Å². The maximum absolute atomic E-state index is 12.2. The molecule has 1 unspecified atom stereocenters. The summed E-state index contributed by atoms with van der Waals surface area (Å²) >= 11 is 0. The van der Waals surface area contributed by atoms with Crippen molar-refractivity contribution >= 4 is 11.7 Å². The number of rotatable bonds is 7. The molecule has 1 atom stereocenters. The second-order valence-corrected chi connectivity index (χ2v) is 4.35. The number of hydrogen-bond acceptors (Lipinski definition) is 4. The molecule has 17 heavy (non-hydrogen) atoms. The number of amidine groups is 1. The Hall–Kier alpha value is -1.30. The highest BCUT2D eigenvalue weighted by molar-refractivity contribution is 6.02. The van der Waals surface area contributed by atoms with Crippen LogP contribution in [0.1, 0.15) is 32.6 Å². The highest BCUT2D eigenvalue weighted by Crippen LogP contribution is 2.28. The molecule has 0 spiro atoms. The third-order valence-corrected chi connectivity index (χ3v) is 2.96. The molecule has 0 bridgehead atoms. The summed E-state index contributed by atoms with van der Waals surface area (Å²) in [7, 11) is 0. The third kappa shape index (κ3) is 3.59. The average molecular weight is 243 g/mol. The molecule has 0 aliphatic heterocycles. The molecule has 4 N–H and O–H groups in total. The first kappa shape index (κ1) is 13.8. The number of aliphatic hydroxyl groups excluding tert-OH is 1. The van der Waals surface area contributed by atoms with Gasteiger partial charge in [0.15, 0.2) is 5.84 Å². The smallest absolute Gasteiger partial charge is 0.233 e. The van der Waals surface area contributed by atoms with Crippen LogP contribution in [0.5, 0.6) is 0 Å². The zero-order chi connectivity index (χ0) is 12.8. The maximum atomic E-state index is 12.2. The van der Waals surface area contributed by atoms with Crippen molar-refractivity contribution in [1.82, 2.24) is 4.90 Å². The largest absolute Gasteiger partial charge is 0.409 e. The molecule has 1 amide bonds. The van der Waals surface area contributed by atoms with Gasteiger partial charge in [-0.1, -0.05) is 18.5 Å². The van der Waals surface area contributed by atoms with E-state index in [0.29, 0.717) is 13.0 Å². The predicted octanol–water partition coefficient (Wildman–Crippen LogP) is 0.132. The van der Waals surface area contributed by atoms with Crippen LogP contribution < -0.4 is 5.73 Å². The lowest BCUT2D eigenvalue weighted by Crippen LogP contribution is -2.44. The molecule has 1 aliphatic rings. The summed E-state index contributed by atoms with van der Waals surface area (Å²) in [6.45, 7) is 2.21. The first-order valence-corrected chi connectivity index (χ1v) is 6.04. The van der Waals surface area contributed by atoms with E-state index >= 15 is 0 Å². The lowest BCUT2D eigenvalue weighted by atomic mass is 10.0. The molecule has 0 saturated heterocycles. The van der Waals surface area contributed by atoms with Crippen LogP contribution >= 0.6 is 0 Å². The van der Waals surface area contributed by atoms with E-state index in [0.717, 1.165) is 19.3 Å². The van der Waals surface area contributed by atoms with Crippen LogP contribution in [-0.4, -0.2) is 46.1 Å². The summed E-state index contributed by atoms with van der Waals surface area (Å²) in [6.07, 6.45) is 3.29. The quantitative estimate of drug-likeness (QED) is 0.256. The Bertz CT molecular complexity index is 290. The molecule has 1 saturated carbocycles. The minimum absolute atomic E-state index is 0.0413. The number of oxime groups is 1. The Labute approximate surface area is 101 Å². The van der Waals surface area contributed by atoms with Crippen LogP contribution in [0, 0.1) is 5.92 Å². The van der Waals surface area contributed by atoms with Crippen LogP contribution in [0.2, 0.25) is 0 Å². The molecule has 0 heterocycles. The number of carbonyl (C=O) groups is 1. The first-order chi connectivity index (χ1) is 8.15. The summed E-state index contributed by atoms with van der Waals surface area (Å²) < 4.78 is 0. The van der Waals surface area contributed by atoms with E-state index in [9.17, 15) is 4.79 Å².